The Hall–Kier alpha value is -2.69. The molecule has 0 spiro atoms. The standard InChI is InChI=1S/C21H26ClN3O6S/c22-16-8-10-18(11-9-16)32(29,30)25-19(15-31-17-6-5-12-23-14-17)21(28)24-13-4-2-1-3-7-20(26)27/h5-6,8-12,14,19,25H,1-4,7,13,15H2,(H,24,28)(H,26,27). The first kappa shape index (κ1) is 25.6. The van der Waals surface area contributed by atoms with Gasteiger partial charge in [0.05, 0.1) is 11.1 Å². The molecule has 0 fully saturated rings. The number of carboxylic acid groups (broad SMARTS) is 1. The summed E-state index contributed by atoms with van der Waals surface area (Å²) >= 11 is 5.82. The van der Waals surface area contributed by atoms with E-state index in [9.17, 15) is 18.0 Å². The van der Waals surface area contributed by atoms with Crippen LogP contribution in [0, 0.1) is 0 Å². The Labute approximate surface area is 192 Å². The Morgan fingerprint density at radius 3 is 2.47 bits per heavy atom. The molecule has 1 aromatic heterocycles. The molecule has 1 aromatic carbocycles. The molecule has 32 heavy (non-hydrogen) atoms. The second kappa shape index (κ2) is 13.0. The van der Waals surface area contributed by atoms with Gasteiger partial charge in [0.15, 0.2) is 0 Å². The van der Waals surface area contributed by atoms with Gasteiger partial charge in [0.25, 0.3) is 0 Å². The van der Waals surface area contributed by atoms with Crippen molar-refractivity contribution in [1.82, 2.24) is 15.0 Å². The number of nitrogens with zero attached hydrogens (tertiary/aromatic N) is 1. The fourth-order valence-electron chi connectivity index (χ4n) is 2.73. The van der Waals surface area contributed by atoms with Crippen molar-refractivity contribution in [3.63, 3.8) is 0 Å². The van der Waals surface area contributed by atoms with Crippen molar-refractivity contribution >= 4 is 33.5 Å². The number of carbonyl (C=O) groups is 2. The average Bonchev–Trinajstić information content (AvgIpc) is 2.76. The van der Waals surface area contributed by atoms with Crippen molar-refractivity contribution in [3.05, 3.63) is 53.8 Å². The van der Waals surface area contributed by atoms with Crippen LogP contribution in [-0.4, -0.2) is 49.6 Å². The summed E-state index contributed by atoms with van der Waals surface area (Å²) in [7, 11) is -4.00. The van der Waals surface area contributed by atoms with Gasteiger partial charge in [-0.05, 0) is 49.2 Å². The first-order valence-corrected chi connectivity index (χ1v) is 11.9. The van der Waals surface area contributed by atoms with E-state index in [0.717, 1.165) is 12.8 Å². The van der Waals surface area contributed by atoms with E-state index in [-0.39, 0.29) is 17.9 Å². The van der Waals surface area contributed by atoms with Crippen molar-refractivity contribution in [2.75, 3.05) is 13.2 Å². The number of halogens is 1. The summed E-state index contributed by atoms with van der Waals surface area (Å²) in [5.74, 6) is -0.964. The average molecular weight is 484 g/mol. The number of amides is 1. The first-order valence-electron chi connectivity index (χ1n) is 10.1. The van der Waals surface area contributed by atoms with Crippen LogP contribution in [0.4, 0.5) is 0 Å². The Kier molecular flexibility index (Phi) is 10.4. The highest BCUT2D eigenvalue weighted by Crippen LogP contribution is 2.15. The third-order valence-electron chi connectivity index (χ3n) is 4.41. The molecule has 0 aliphatic heterocycles. The van der Waals surface area contributed by atoms with Crippen molar-refractivity contribution in [2.45, 2.75) is 43.0 Å². The molecule has 0 saturated heterocycles. The zero-order chi connectivity index (χ0) is 23.4. The minimum absolute atomic E-state index is 0.0282. The van der Waals surface area contributed by atoms with Gasteiger partial charge in [-0.2, -0.15) is 4.72 Å². The quantitative estimate of drug-likeness (QED) is 0.351. The number of aromatic nitrogens is 1. The van der Waals surface area contributed by atoms with Crippen LogP contribution < -0.4 is 14.8 Å². The van der Waals surface area contributed by atoms with Crippen LogP contribution in [0.15, 0.2) is 53.7 Å². The maximum atomic E-state index is 12.7. The Morgan fingerprint density at radius 2 is 1.81 bits per heavy atom. The van der Waals surface area contributed by atoms with E-state index in [1.54, 1.807) is 18.3 Å². The lowest BCUT2D eigenvalue weighted by Crippen LogP contribution is -2.50. The maximum absolute atomic E-state index is 12.7. The predicted octanol–water partition coefficient (Wildman–Crippen LogP) is 2.61. The number of carboxylic acids is 1. The van der Waals surface area contributed by atoms with Crippen molar-refractivity contribution in [1.29, 1.82) is 0 Å². The van der Waals surface area contributed by atoms with E-state index in [1.807, 2.05) is 0 Å². The van der Waals surface area contributed by atoms with Crippen LogP contribution in [-0.2, 0) is 19.6 Å². The number of sulfonamides is 1. The summed E-state index contributed by atoms with van der Waals surface area (Å²) in [6, 6.07) is 7.71. The summed E-state index contributed by atoms with van der Waals surface area (Å²) in [6.45, 7) is 0.0981. The van der Waals surface area contributed by atoms with E-state index in [0.29, 0.717) is 30.2 Å². The molecule has 9 nitrogen and oxygen atoms in total. The SMILES string of the molecule is O=C(O)CCCCCCNC(=O)C(COc1cccnc1)NS(=O)(=O)c1ccc(Cl)cc1. The van der Waals surface area contributed by atoms with E-state index < -0.39 is 27.9 Å². The highest BCUT2D eigenvalue weighted by Gasteiger charge is 2.26. The fraction of sp³-hybridized carbons (Fsp3) is 0.381. The molecular weight excluding hydrogens is 458 g/mol. The lowest BCUT2D eigenvalue weighted by Gasteiger charge is -2.19. The lowest BCUT2D eigenvalue weighted by atomic mass is 10.1. The number of hydrogen-bond acceptors (Lipinski definition) is 6. The molecule has 2 aromatic rings. The number of hydrogen-bond donors (Lipinski definition) is 3. The molecule has 1 heterocycles. The van der Waals surface area contributed by atoms with Gasteiger partial charge in [-0.1, -0.05) is 24.4 Å². The Morgan fingerprint density at radius 1 is 1.09 bits per heavy atom. The Bertz CT molecular complexity index is 971. The number of rotatable bonds is 14. The van der Waals surface area contributed by atoms with Gasteiger partial charge >= 0.3 is 5.97 Å². The van der Waals surface area contributed by atoms with Crippen LogP contribution in [0.3, 0.4) is 0 Å². The van der Waals surface area contributed by atoms with Gasteiger partial charge in [0, 0.05) is 24.2 Å². The molecule has 0 bridgehead atoms. The minimum atomic E-state index is -4.00. The third kappa shape index (κ3) is 9.21. The van der Waals surface area contributed by atoms with Gasteiger partial charge in [-0.25, -0.2) is 8.42 Å². The summed E-state index contributed by atoms with van der Waals surface area (Å²) in [5, 5.41) is 11.7. The maximum Gasteiger partial charge on any atom is 0.303 e. The highest BCUT2D eigenvalue weighted by molar-refractivity contribution is 7.89. The molecule has 0 saturated carbocycles. The second-order valence-corrected chi connectivity index (χ2v) is 9.13. The first-order chi connectivity index (χ1) is 15.3. The van der Waals surface area contributed by atoms with Crippen LogP contribution in [0.5, 0.6) is 5.75 Å². The third-order valence-corrected chi connectivity index (χ3v) is 6.15. The van der Waals surface area contributed by atoms with Gasteiger partial charge < -0.3 is 15.2 Å². The van der Waals surface area contributed by atoms with Gasteiger partial charge in [0.2, 0.25) is 15.9 Å². The van der Waals surface area contributed by atoms with Gasteiger partial charge in [-0.3, -0.25) is 14.6 Å². The number of ether oxygens (including phenoxy) is 1. The van der Waals surface area contributed by atoms with Crippen molar-refractivity contribution in [3.8, 4) is 5.75 Å². The zero-order valence-electron chi connectivity index (χ0n) is 17.4. The minimum Gasteiger partial charge on any atom is -0.490 e. The van der Waals surface area contributed by atoms with Crippen LogP contribution >= 0.6 is 11.6 Å². The predicted molar refractivity (Wildman–Crippen MR) is 119 cm³/mol. The van der Waals surface area contributed by atoms with E-state index >= 15 is 0 Å². The molecule has 0 aliphatic rings. The fourth-order valence-corrected chi connectivity index (χ4v) is 4.04. The molecule has 0 radical (unpaired) electrons. The largest absolute Gasteiger partial charge is 0.490 e. The van der Waals surface area contributed by atoms with Crippen molar-refractivity contribution in [2.24, 2.45) is 0 Å². The van der Waals surface area contributed by atoms with E-state index in [1.165, 1.54) is 30.5 Å². The van der Waals surface area contributed by atoms with Crippen LogP contribution in [0.2, 0.25) is 5.02 Å². The molecule has 1 unspecified atom stereocenters. The number of carbonyl (C=O) groups excluding carboxylic acids is 1. The lowest BCUT2D eigenvalue weighted by molar-refractivity contribution is -0.137. The summed E-state index contributed by atoms with van der Waals surface area (Å²) in [5.41, 5.74) is 0. The molecular formula is C21H26ClN3O6S. The molecule has 174 valence electrons. The van der Waals surface area contributed by atoms with Gasteiger partial charge in [0.1, 0.15) is 18.4 Å². The topological polar surface area (TPSA) is 135 Å². The second-order valence-electron chi connectivity index (χ2n) is 6.98. The molecule has 11 heteroatoms. The summed E-state index contributed by atoms with van der Waals surface area (Å²) in [4.78, 5) is 27.1. The smallest absolute Gasteiger partial charge is 0.303 e. The van der Waals surface area contributed by atoms with Crippen LogP contribution in [0.25, 0.3) is 0 Å². The van der Waals surface area contributed by atoms with E-state index in [2.05, 4.69) is 15.0 Å². The normalized spacial score (nSPS) is 12.2. The van der Waals surface area contributed by atoms with Crippen LogP contribution in [0.1, 0.15) is 32.1 Å². The van der Waals surface area contributed by atoms with Gasteiger partial charge in [-0.15, -0.1) is 0 Å². The Balaban J connectivity index is 1.96. The summed E-state index contributed by atoms with van der Waals surface area (Å²) < 4.78 is 33.4. The molecule has 3 N–H and O–H groups in total. The molecule has 1 amide bonds. The zero-order valence-corrected chi connectivity index (χ0v) is 18.9. The van der Waals surface area contributed by atoms with Crippen molar-refractivity contribution < 1.29 is 27.9 Å². The number of aliphatic carboxylic acids is 1. The number of nitrogens with one attached hydrogen (secondary N) is 2. The number of pyridine rings is 1. The monoisotopic (exact) mass is 483 g/mol. The number of unbranched alkanes of at least 4 members (excludes halogenated alkanes) is 3. The number of benzene rings is 1. The highest BCUT2D eigenvalue weighted by atomic mass is 35.5. The molecule has 2 rings (SSSR count). The summed E-state index contributed by atoms with van der Waals surface area (Å²) in [6.07, 6.45) is 5.85. The molecule has 1 atom stereocenters. The van der Waals surface area contributed by atoms with E-state index in [4.69, 9.17) is 21.4 Å². The molecule has 0 aliphatic carbocycles.